The highest BCUT2D eigenvalue weighted by atomic mass is 35.5. The van der Waals surface area contributed by atoms with Crippen molar-refractivity contribution in [3.63, 3.8) is 0 Å². The molecule has 0 aromatic heterocycles. The van der Waals surface area contributed by atoms with Crippen molar-refractivity contribution in [3.8, 4) is 0 Å². The maximum Gasteiger partial charge on any atom is 0.255 e. The third-order valence-corrected chi connectivity index (χ3v) is 6.53. The Bertz CT molecular complexity index is 830. The predicted molar refractivity (Wildman–Crippen MR) is 108 cm³/mol. The van der Waals surface area contributed by atoms with Crippen LogP contribution in [0.5, 0.6) is 0 Å². The van der Waals surface area contributed by atoms with E-state index < -0.39 is 5.82 Å². The van der Waals surface area contributed by atoms with Gasteiger partial charge in [-0.2, -0.15) is 0 Å². The third kappa shape index (κ3) is 5.45. The molecule has 1 aliphatic rings. The second kappa shape index (κ2) is 9.07. The lowest BCUT2D eigenvalue weighted by molar-refractivity contribution is 0.102. The van der Waals surface area contributed by atoms with Crippen LogP contribution < -0.4 is 5.32 Å². The molecule has 2 atom stereocenters. The topological polar surface area (TPSA) is 29.1 Å². The fraction of sp³-hybridized carbons (Fsp3) is 0.381. The molecule has 0 bridgehead atoms. The molecule has 27 heavy (non-hydrogen) atoms. The quantitative estimate of drug-likeness (QED) is 0.554. The Morgan fingerprint density at radius 2 is 1.85 bits per heavy atom. The van der Waals surface area contributed by atoms with E-state index in [1.807, 2.05) is 0 Å². The Hall–Kier alpha value is -1.59. The van der Waals surface area contributed by atoms with Crippen LogP contribution in [-0.2, 0) is 0 Å². The summed E-state index contributed by atoms with van der Waals surface area (Å²) in [7, 11) is 0. The molecule has 144 valence electrons. The van der Waals surface area contributed by atoms with Gasteiger partial charge in [-0.25, -0.2) is 8.78 Å². The van der Waals surface area contributed by atoms with Gasteiger partial charge in [0.2, 0.25) is 0 Å². The minimum absolute atomic E-state index is 0.0641. The van der Waals surface area contributed by atoms with Crippen molar-refractivity contribution in [2.45, 2.75) is 49.2 Å². The average molecular weight is 410 g/mol. The largest absolute Gasteiger partial charge is 0.322 e. The van der Waals surface area contributed by atoms with Crippen LogP contribution in [0.25, 0.3) is 0 Å². The first-order chi connectivity index (χ1) is 12.9. The Labute approximate surface area is 167 Å². The molecule has 0 heterocycles. The van der Waals surface area contributed by atoms with E-state index in [0.717, 1.165) is 31.6 Å². The number of rotatable bonds is 4. The van der Waals surface area contributed by atoms with Gasteiger partial charge < -0.3 is 5.32 Å². The van der Waals surface area contributed by atoms with Gasteiger partial charge in [0, 0.05) is 21.4 Å². The Morgan fingerprint density at radius 1 is 1.07 bits per heavy atom. The number of carbonyl (C=O) groups excluding carboxylic acids is 1. The van der Waals surface area contributed by atoms with E-state index in [-0.39, 0.29) is 16.7 Å². The van der Waals surface area contributed by atoms with E-state index in [9.17, 15) is 13.6 Å². The van der Waals surface area contributed by atoms with Crippen molar-refractivity contribution in [1.29, 1.82) is 0 Å². The summed E-state index contributed by atoms with van der Waals surface area (Å²) in [5, 5.41) is 2.98. The van der Waals surface area contributed by atoms with Gasteiger partial charge in [0.15, 0.2) is 0 Å². The van der Waals surface area contributed by atoms with E-state index in [1.165, 1.54) is 48.5 Å². The van der Waals surface area contributed by atoms with E-state index in [1.54, 1.807) is 6.07 Å². The SMILES string of the molecule is CC1CCCC(Sc2cc(C(=O)Nc3ccc(F)c(Cl)c3)ccc2F)CC1. The molecular formula is C21H22ClF2NOS. The molecular weight excluding hydrogens is 388 g/mol. The van der Waals surface area contributed by atoms with Gasteiger partial charge in [0.05, 0.1) is 5.02 Å². The normalized spacial score (nSPS) is 20.1. The van der Waals surface area contributed by atoms with Gasteiger partial charge in [0.25, 0.3) is 5.91 Å². The molecule has 0 saturated heterocycles. The second-order valence-corrected chi connectivity index (χ2v) is 8.83. The number of benzene rings is 2. The minimum atomic E-state index is -0.548. The Balaban J connectivity index is 1.71. The van der Waals surface area contributed by atoms with Crippen molar-refractivity contribution in [2.24, 2.45) is 5.92 Å². The summed E-state index contributed by atoms with van der Waals surface area (Å²) < 4.78 is 27.5. The molecule has 2 aromatic rings. The highest BCUT2D eigenvalue weighted by molar-refractivity contribution is 8.00. The zero-order chi connectivity index (χ0) is 19.4. The summed E-state index contributed by atoms with van der Waals surface area (Å²) in [4.78, 5) is 13.0. The van der Waals surface area contributed by atoms with Crippen molar-refractivity contribution in [2.75, 3.05) is 5.32 Å². The van der Waals surface area contributed by atoms with Crippen LogP contribution in [0.4, 0.5) is 14.5 Å². The van der Waals surface area contributed by atoms with E-state index in [4.69, 9.17) is 11.6 Å². The fourth-order valence-corrected chi connectivity index (χ4v) is 4.72. The lowest BCUT2D eigenvalue weighted by atomic mass is 10.0. The molecule has 2 nitrogen and oxygen atoms in total. The summed E-state index contributed by atoms with van der Waals surface area (Å²) >= 11 is 7.27. The number of hydrogen-bond donors (Lipinski definition) is 1. The zero-order valence-electron chi connectivity index (χ0n) is 15.1. The van der Waals surface area contributed by atoms with Gasteiger partial charge in [-0.15, -0.1) is 11.8 Å². The van der Waals surface area contributed by atoms with Crippen LogP contribution in [0.2, 0.25) is 5.02 Å². The van der Waals surface area contributed by atoms with Crippen LogP contribution >= 0.6 is 23.4 Å². The van der Waals surface area contributed by atoms with E-state index >= 15 is 0 Å². The van der Waals surface area contributed by atoms with Gasteiger partial charge in [-0.1, -0.05) is 31.4 Å². The number of amides is 1. The van der Waals surface area contributed by atoms with Gasteiger partial charge in [0.1, 0.15) is 11.6 Å². The fourth-order valence-electron chi connectivity index (χ4n) is 3.26. The van der Waals surface area contributed by atoms with Crippen LogP contribution in [0, 0.1) is 17.6 Å². The monoisotopic (exact) mass is 409 g/mol. The van der Waals surface area contributed by atoms with Gasteiger partial charge in [-0.05, 0) is 61.6 Å². The smallest absolute Gasteiger partial charge is 0.255 e. The molecule has 1 saturated carbocycles. The summed E-state index contributed by atoms with van der Waals surface area (Å²) in [5.41, 5.74) is 0.754. The standard InChI is InChI=1S/C21H22ClF2NOS/c1-13-3-2-4-16(8-5-13)27-20-11-14(6-9-19(20)24)21(26)25-15-7-10-18(23)17(22)12-15/h6-7,9-13,16H,2-5,8H2,1H3,(H,25,26). The number of nitrogens with one attached hydrogen (secondary N) is 1. The van der Waals surface area contributed by atoms with Crippen molar-refractivity contribution >= 4 is 35.0 Å². The van der Waals surface area contributed by atoms with Crippen molar-refractivity contribution < 1.29 is 13.6 Å². The summed E-state index contributed by atoms with van der Waals surface area (Å²) in [6, 6.07) is 8.35. The molecule has 0 radical (unpaired) electrons. The molecule has 1 aliphatic carbocycles. The molecule has 1 fully saturated rings. The second-order valence-electron chi connectivity index (χ2n) is 7.08. The van der Waals surface area contributed by atoms with E-state index in [0.29, 0.717) is 21.4 Å². The highest BCUT2D eigenvalue weighted by Crippen LogP contribution is 2.36. The number of halogens is 3. The molecule has 0 aliphatic heterocycles. The van der Waals surface area contributed by atoms with Crippen molar-refractivity contribution in [1.82, 2.24) is 0 Å². The van der Waals surface area contributed by atoms with Gasteiger partial charge in [-0.3, -0.25) is 4.79 Å². The number of anilines is 1. The van der Waals surface area contributed by atoms with Crippen molar-refractivity contribution in [3.05, 3.63) is 58.6 Å². The number of thioether (sulfide) groups is 1. The number of hydrogen-bond acceptors (Lipinski definition) is 2. The molecule has 1 amide bonds. The summed E-state index contributed by atoms with van der Waals surface area (Å²) in [6.07, 6.45) is 5.67. The zero-order valence-corrected chi connectivity index (χ0v) is 16.7. The predicted octanol–water partition coefficient (Wildman–Crippen LogP) is 6.93. The third-order valence-electron chi connectivity index (χ3n) is 4.87. The molecule has 2 unspecified atom stereocenters. The maximum absolute atomic E-state index is 14.3. The lowest BCUT2D eigenvalue weighted by Gasteiger charge is -2.15. The van der Waals surface area contributed by atoms with Gasteiger partial charge >= 0.3 is 0 Å². The lowest BCUT2D eigenvalue weighted by Crippen LogP contribution is -2.12. The molecule has 2 aromatic carbocycles. The van der Waals surface area contributed by atoms with Crippen LogP contribution in [0.3, 0.4) is 0 Å². The molecule has 3 rings (SSSR count). The molecule has 1 N–H and O–H groups in total. The first kappa shape index (κ1) is 20.2. The summed E-state index contributed by atoms with van der Waals surface area (Å²) in [6.45, 7) is 2.26. The Morgan fingerprint density at radius 3 is 2.63 bits per heavy atom. The molecule has 6 heteroatoms. The first-order valence-electron chi connectivity index (χ1n) is 9.15. The minimum Gasteiger partial charge on any atom is -0.322 e. The number of carbonyl (C=O) groups is 1. The van der Waals surface area contributed by atoms with E-state index in [2.05, 4.69) is 12.2 Å². The molecule has 0 spiro atoms. The van der Waals surface area contributed by atoms with Crippen LogP contribution in [0.15, 0.2) is 41.3 Å². The average Bonchev–Trinajstić information content (AvgIpc) is 2.84. The maximum atomic E-state index is 14.3. The summed E-state index contributed by atoms with van der Waals surface area (Å²) in [5.74, 6) is -0.513. The van der Waals surface area contributed by atoms with Crippen LogP contribution in [0.1, 0.15) is 49.4 Å². The first-order valence-corrected chi connectivity index (χ1v) is 10.4. The van der Waals surface area contributed by atoms with Crippen LogP contribution in [-0.4, -0.2) is 11.2 Å². The highest BCUT2D eigenvalue weighted by Gasteiger charge is 2.19. The Kier molecular flexibility index (Phi) is 6.77.